The zero-order valence-corrected chi connectivity index (χ0v) is 12.9. The first-order valence-corrected chi connectivity index (χ1v) is 7.95. The molecule has 1 aromatic heterocycles. The van der Waals surface area contributed by atoms with E-state index in [1.54, 1.807) is 0 Å². The molecule has 0 bridgehead atoms. The van der Waals surface area contributed by atoms with Crippen LogP contribution in [0.5, 0.6) is 0 Å². The van der Waals surface area contributed by atoms with E-state index < -0.39 is 0 Å². The molecule has 2 atom stereocenters. The lowest BCUT2D eigenvalue weighted by molar-refractivity contribution is 0.112. The van der Waals surface area contributed by atoms with E-state index in [-0.39, 0.29) is 0 Å². The van der Waals surface area contributed by atoms with Gasteiger partial charge in [-0.1, -0.05) is 26.0 Å². The predicted molar refractivity (Wildman–Crippen MR) is 86.5 cm³/mol. The minimum absolute atomic E-state index is 0.792. The van der Waals surface area contributed by atoms with E-state index in [1.807, 2.05) is 18.2 Å². The Kier molecular flexibility index (Phi) is 4.11. The highest BCUT2D eigenvalue weighted by molar-refractivity contribution is 5.98. The quantitative estimate of drug-likeness (QED) is 0.869. The Hall–Kier alpha value is -1.61. The van der Waals surface area contributed by atoms with Gasteiger partial charge in [0.2, 0.25) is 0 Å². The molecule has 0 radical (unpaired) electrons. The number of hydrogen-bond acceptors (Lipinski definition) is 2. The summed E-state index contributed by atoms with van der Waals surface area (Å²) in [5.74, 6) is 1.62. The molecule has 1 N–H and O–H groups in total. The van der Waals surface area contributed by atoms with Crippen LogP contribution in [-0.2, 0) is 6.54 Å². The summed E-state index contributed by atoms with van der Waals surface area (Å²) >= 11 is 0. The van der Waals surface area contributed by atoms with Crippen LogP contribution in [-0.4, -0.2) is 29.3 Å². The maximum atomic E-state index is 11.3. The van der Waals surface area contributed by atoms with Gasteiger partial charge in [0.1, 0.15) is 0 Å². The van der Waals surface area contributed by atoms with E-state index in [2.05, 4.69) is 29.9 Å². The lowest BCUT2D eigenvalue weighted by Gasteiger charge is -2.19. The molecule has 3 rings (SSSR count). The minimum Gasteiger partial charge on any atom is -0.361 e. The normalized spacial score (nSPS) is 24.1. The summed E-state index contributed by atoms with van der Waals surface area (Å²) in [4.78, 5) is 17.1. The van der Waals surface area contributed by atoms with E-state index in [1.165, 1.54) is 18.4 Å². The Bertz CT molecular complexity index is 619. The molecule has 0 saturated carbocycles. The molecule has 112 valence electrons. The van der Waals surface area contributed by atoms with Crippen LogP contribution in [0.1, 0.15) is 42.6 Å². The standard InChI is InChI=1S/C18H24N2O/c1-13-6-8-20(9-7-14(13)2)11-16-10-19-17-5-3-4-15(12-21)18(16)17/h3-5,10,12-14,19H,6-9,11H2,1-2H3. The number of nitrogens with zero attached hydrogens (tertiary/aromatic N) is 1. The minimum atomic E-state index is 0.792. The number of benzene rings is 1. The molecule has 0 aliphatic carbocycles. The molecule has 1 fully saturated rings. The number of likely N-dealkylation sites (tertiary alicyclic amines) is 1. The molecule has 2 aromatic rings. The average Bonchev–Trinajstić information content (AvgIpc) is 2.84. The number of aromatic amines is 1. The van der Waals surface area contributed by atoms with Gasteiger partial charge in [0.25, 0.3) is 0 Å². The molecule has 0 spiro atoms. The molecule has 2 heterocycles. The molecule has 1 aliphatic rings. The molecule has 1 aliphatic heterocycles. The molecule has 3 heteroatoms. The number of carbonyl (C=O) groups is 1. The van der Waals surface area contributed by atoms with Crippen LogP contribution in [0.3, 0.4) is 0 Å². The van der Waals surface area contributed by atoms with Crippen LogP contribution in [0, 0.1) is 11.8 Å². The van der Waals surface area contributed by atoms with Gasteiger partial charge in [0, 0.05) is 29.2 Å². The topological polar surface area (TPSA) is 36.1 Å². The number of aromatic nitrogens is 1. The van der Waals surface area contributed by atoms with Crippen LogP contribution in [0.15, 0.2) is 24.4 Å². The van der Waals surface area contributed by atoms with Gasteiger partial charge < -0.3 is 4.98 Å². The van der Waals surface area contributed by atoms with Crippen molar-refractivity contribution in [3.8, 4) is 0 Å². The van der Waals surface area contributed by atoms with Gasteiger partial charge in [-0.25, -0.2) is 0 Å². The largest absolute Gasteiger partial charge is 0.361 e. The number of hydrogen-bond donors (Lipinski definition) is 1. The van der Waals surface area contributed by atoms with Crippen LogP contribution < -0.4 is 0 Å². The smallest absolute Gasteiger partial charge is 0.150 e. The number of nitrogens with one attached hydrogen (secondary N) is 1. The summed E-state index contributed by atoms with van der Waals surface area (Å²) in [7, 11) is 0. The van der Waals surface area contributed by atoms with Crippen LogP contribution in [0.2, 0.25) is 0 Å². The van der Waals surface area contributed by atoms with Crippen molar-refractivity contribution in [1.29, 1.82) is 0 Å². The summed E-state index contributed by atoms with van der Waals surface area (Å²) in [5, 5.41) is 1.10. The van der Waals surface area contributed by atoms with Gasteiger partial charge in [-0.05, 0) is 49.4 Å². The summed E-state index contributed by atoms with van der Waals surface area (Å²) in [6, 6.07) is 5.87. The highest BCUT2D eigenvalue weighted by Gasteiger charge is 2.20. The van der Waals surface area contributed by atoms with E-state index in [0.717, 1.165) is 54.2 Å². The molecular formula is C18H24N2O. The van der Waals surface area contributed by atoms with Crippen LogP contribution in [0.4, 0.5) is 0 Å². The van der Waals surface area contributed by atoms with E-state index in [9.17, 15) is 4.79 Å². The molecule has 21 heavy (non-hydrogen) atoms. The van der Waals surface area contributed by atoms with Gasteiger partial charge in [0.15, 0.2) is 6.29 Å². The van der Waals surface area contributed by atoms with Crippen molar-refractivity contribution in [2.45, 2.75) is 33.2 Å². The average molecular weight is 284 g/mol. The van der Waals surface area contributed by atoms with Crippen molar-refractivity contribution >= 4 is 17.2 Å². The van der Waals surface area contributed by atoms with Crippen molar-refractivity contribution in [1.82, 2.24) is 9.88 Å². The highest BCUT2D eigenvalue weighted by Crippen LogP contribution is 2.27. The molecule has 1 aromatic carbocycles. The number of rotatable bonds is 3. The fourth-order valence-electron chi connectivity index (χ4n) is 3.36. The maximum Gasteiger partial charge on any atom is 0.150 e. The Balaban J connectivity index is 1.83. The van der Waals surface area contributed by atoms with Gasteiger partial charge in [0.05, 0.1) is 0 Å². The molecular weight excluding hydrogens is 260 g/mol. The van der Waals surface area contributed by atoms with Crippen molar-refractivity contribution < 1.29 is 4.79 Å². The molecule has 2 unspecified atom stereocenters. The van der Waals surface area contributed by atoms with Gasteiger partial charge >= 0.3 is 0 Å². The second kappa shape index (κ2) is 6.02. The monoisotopic (exact) mass is 284 g/mol. The fraction of sp³-hybridized carbons (Fsp3) is 0.500. The number of aldehydes is 1. The van der Waals surface area contributed by atoms with Crippen molar-refractivity contribution in [3.63, 3.8) is 0 Å². The van der Waals surface area contributed by atoms with Gasteiger partial charge in [-0.15, -0.1) is 0 Å². The van der Waals surface area contributed by atoms with Crippen molar-refractivity contribution in [2.75, 3.05) is 13.1 Å². The number of fused-ring (bicyclic) bond motifs is 1. The second-order valence-electron chi connectivity index (χ2n) is 6.51. The summed E-state index contributed by atoms with van der Waals surface area (Å²) < 4.78 is 0. The SMILES string of the molecule is CC1CCN(Cc2c[nH]c3cccc(C=O)c23)CCC1C. The Morgan fingerprint density at radius 1 is 1.24 bits per heavy atom. The zero-order chi connectivity index (χ0) is 14.8. The summed E-state index contributed by atoms with van der Waals surface area (Å²) in [6.45, 7) is 7.97. The Morgan fingerprint density at radius 2 is 1.95 bits per heavy atom. The molecule has 1 saturated heterocycles. The van der Waals surface area contributed by atoms with E-state index >= 15 is 0 Å². The zero-order valence-electron chi connectivity index (χ0n) is 12.9. The molecule has 3 nitrogen and oxygen atoms in total. The number of carbonyl (C=O) groups excluding carboxylic acids is 1. The predicted octanol–water partition coefficient (Wildman–Crippen LogP) is 3.85. The van der Waals surface area contributed by atoms with Crippen molar-refractivity contribution in [3.05, 3.63) is 35.5 Å². The highest BCUT2D eigenvalue weighted by atomic mass is 16.1. The second-order valence-corrected chi connectivity index (χ2v) is 6.51. The number of H-pyrrole nitrogens is 1. The van der Waals surface area contributed by atoms with Gasteiger partial charge in [-0.3, -0.25) is 9.69 Å². The van der Waals surface area contributed by atoms with Gasteiger partial charge in [-0.2, -0.15) is 0 Å². The molecule has 0 amide bonds. The Labute approximate surface area is 126 Å². The lowest BCUT2D eigenvalue weighted by Crippen LogP contribution is -2.24. The summed E-state index contributed by atoms with van der Waals surface area (Å²) in [6.07, 6.45) is 5.57. The fourth-order valence-corrected chi connectivity index (χ4v) is 3.36. The van der Waals surface area contributed by atoms with E-state index in [0.29, 0.717) is 0 Å². The third-order valence-corrected chi connectivity index (χ3v) is 5.11. The van der Waals surface area contributed by atoms with Crippen molar-refractivity contribution in [2.24, 2.45) is 11.8 Å². The first kappa shape index (κ1) is 14.3. The third-order valence-electron chi connectivity index (χ3n) is 5.11. The Morgan fingerprint density at radius 3 is 2.62 bits per heavy atom. The lowest BCUT2D eigenvalue weighted by atomic mass is 9.92. The third kappa shape index (κ3) is 2.88. The van der Waals surface area contributed by atoms with Crippen LogP contribution in [0.25, 0.3) is 10.9 Å². The maximum absolute atomic E-state index is 11.3. The summed E-state index contributed by atoms with van der Waals surface area (Å²) in [5.41, 5.74) is 3.10. The van der Waals surface area contributed by atoms with E-state index in [4.69, 9.17) is 0 Å². The first-order valence-electron chi connectivity index (χ1n) is 7.95. The van der Waals surface area contributed by atoms with Crippen LogP contribution >= 0.6 is 0 Å². The first-order chi connectivity index (χ1) is 10.2.